The van der Waals surface area contributed by atoms with Crippen LogP contribution in [-0.2, 0) is 4.74 Å². The molecular weight excluding hydrogens is 318 g/mol. The van der Waals surface area contributed by atoms with E-state index in [1.54, 1.807) is 56.4 Å². The Balaban J connectivity index is 2.21. The summed E-state index contributed by atoms with van der Waals surface area (Å²) in [5.41, 5.74) is 0.751. The largest absolute Gasteiger partial charge is 0.374 e. The first-order valence-electron chi connectivity index (χ1n) is 7.92. The van der Waals surface area contributed by atoms with E-state index in [1.165, 1.54) is 16.8 Å². The lowest BCUT2D eigenvalue weighted by molar-refractivity contribution is 0.0930. The fraction of sp³-hybridized carbons (Fsp3) is 0.211. The molecule has 1 amide bonds. The zero-order valence-corrected chi connectivity index (χ0v) is 14.3. The maximum absolute atomic E-state index is 13.0. The third-order valence-electron chi connectivity index (χ3n) is 4.11. The number of fused-ring (bicyclic) bond motifs is 1. The van der Waals surface area contributed by atoms with Crippen molar-refractivity contribution in [2.45, 2.75) is 13.0 Å². The number of hydrogen-bond acceptors (Lipinski definition) is 4. The Morgan fingerprint density at radius 2 is 1.76 bits per heavy atom. The van der Waals surface area contributed by atoms with E-state index >= 15 is 0 Å². The summed E-state index contributed by atoms with van der Waals surface area (Å²) in [4.78, 5) is 30.4. The lowest BCUT2D eigenvalue weighted by Gasteiger charge is -2.25. The standard InChI is InChI=1S/C19H19N3O3/c1-13(25-3)17-20-16-12-8-7-11-15(16)19(24)22(17)21(2)18(23)14-9-5-4-6-10-14/h4-13H,1-3H3/t13-/m0/s1. The predicted molar refractivity (Wildman–Crippen MR) is 96.3 cm³/mol. The molecule has 0 radical (unpaired) electrons. The fourth-order valence-electron chi connectivity index (χ4n) is 2.66. The molecule has 1 atom stereocenters. The molecule has 0 bridgehead atoms. The number of nitrogens with zero attached hydrogens (tertiary/aromatic N) is 3. The number of carbonyl (C=O) groups excluding carboxylic acids is 1. The van der Waals surface area contributed by atoms with Gasteiger partial charge in [0, 0.05) is 19.7 Å². The molecule has 2 aromatic carbocycles. The second-order valence-electron chi connectivity index (χ2n) is 5.68. The van der Waals surface area contributed by atoms with Crippen LogP contribution in [0.4, 0.5) is 0 Å². The summed E-state index contributed by atoms with van der Waals surface area (Å²) < 4.78 is 6.64. The van der Waals surface area contributed by atoms with Crippen LogP contribution in [0.3, 0.4) is 0 Å². The van der Waals surface area contributed by atoms with Crippen molar-refractivity contribution in [3.63, 3.8) is 0 Å². The van der Waals surface area contributed by atoms with Crippen LogP contribution in [-0.4, -0.2) is 29.7 Å². The third-order valence-corrected chi connectivity index (χ3v) is 4.11. The number of ether oxygens (including phenoxy) is 1. The monoisotopic (exact) mass is 337 g/mol. The summed E-state index contributed by atoms with van der Waals surface area (Å²) in [6.07, 6.45) is -0.455. The minimum absolute atomic E-state index is 0.302. The van der Waals surface area contributed by atoms with Gasteiger partial charge >= 0.3 is 0 Å². The first-order chi connectivity index (χ1) is 12.0. The Labute approximate surface area is 145 Å². The number of benzene rings is 2. The van der Waals surface area contributed by atoms with Crippen LogP contribution in [0.15, 0.2) is 59.4 Å². The predicted octanol–water partition coefficient (Wildman–Crippen LogP) is 2.51. The molecular formula is C19H19N3O3. The molecule has 25 heavy (non-hydrogen) atoms. The van der Waals surface area contributed by atoms with Gasteiger partial charge in [-0.3, -0.25) is 9.59 Å². The average Bonchev–Trinajstić information content (AvgIpc) is 2.67. The molecule has 0 N–H and O–H groups in total. The summed E-state index contributed by atoms with van der Waals surface area (Å²) in [5.74, 6) is 0.0716. The highest BCUT2D eigenvalue weighted by Gasteiger charge is 2.22. The van der Waals surface area contributed by atoms with Crippen LogP contribution in [0.1, 0.15) is 29.2 Å². The third kappa shape index (κ3) is 3.04. The summed E-state index contributed by atoms with van der Waals surface area (Å²) in [5, 5.41) is 1.73. The molecule has 0 fully saturated rings. The second kappa shape index (κ2) is 6.86. The Morgan fingerprint density at radius 3 is 2.44 bits per heavy atom. The minimum atomic E-state index is -0.455. The number of methoxy groups -OCH3 is 1. The van der Waals surface area contributed by atoms with E-state index in [1.807, 2.05) is 12.1 Å². The highest BCUT2D eigenvalue weighted by atomic mass is 16.5. The number of carbonyl (C=O) groups is 1. The van der Waals surface area contributed by atoms with Crippen molar-refractivity contribution in [2.75, 3.05) is 19.2 Å². The molecule has 1 heterocycles. The number of aromatic nitrogens is 2. The van der Waals surface area contributed by atoms with Crippen molar-refractivity contribution in [3.8, 4) is 0 Å². The van der Waals surface area contributed by atoms with Gasteiger partial charge in [-0.05, 0) is 31.2 Å². The first kappa shape index (κ1) is 16.9. The molecule has 3 rings (SSSR count). The molecule has 6 heteroatoms. The molecule has 0 aliphatic heterocycles. The van der Waals surface area contributed by atoms with Crippen molar-refractivity contribution in [3.05, 3.63) is 76.3 Å². The van der Waals surface area contributed by atoms with Gasteiger partial charge in [0.05, 0.1) is 10.9 Å². The van der Waals surface area contributed by atoms with E-state index in [2.05, 4.69) is 4.98 Å². The topological polar surface area (TPSA) is 64.4 Å². The molecule has 0 saturated heterocycles. The SMILES string of the molecule is CO[C@@H](C)c1nc2ccccc2c(=O)n1N(C)C(=O)c1ccccc1. The normalized spacial score (nSPS) is 12.1. The lowest BCUT2D eigenvalue weighted by atomic mass is 10.2. The molecule has 1 aromatic heterocycles. The van der Waals surface area contributed by atoms with Crippen molar-refractivity contribution in [1.29, 1.82) is 0 Å². The van der Waals surface area contributed by atoms with E-state index in [4.69, 9.17) is 4.74 Å². The zero-order chi connectivity index (χ0) is 18.0. The summed E-state index contributed by atoms with van der Waals surface area (Å²) in [6, 6.07) is 15.9. The second-order valence-corrected chi connectivity index (χ2v) is 5.68. The first-order valence-corrected chi connectivity index (χ1v) is 7.92. The van der Waals surface area contributed by atoms with Crippen molar-refractivity contribution >= 4 is 16.8 Å². The van der Waals surface area contributed by atoms with E-state index in [9.17, 15) is 9.59 Å². The highest BCUT2D eigenvalue weighted by molar-refractivity contribution is 6.01. The van der Waals surface area contributed by atoms with Gasteiger partial charge in [0.15, 0.2) is 5.82 Å². The van der Waals surface area contributed by atoms with Gasteiger partial charge in [0.2, 0.25) is 0 Å². The van der Waals surface area contributed by atoms with Crippen LogP contribution < -0.4 is 10.6 Å². The molecule has 6 nitrogen and oxygen atoms in total. The van der Waals surface area contributed by atoms with Gasteiger partial charge < -0.3 is 4.74 Å². The summed E-state index contributed by atoms with van der Waals surface area (Å²) in [6.45, 7) is 1.79. The van der Waals surface area contributed by atoms with E-state index in [-0.39, 0.29) is 11.5 Å². The number of rotatable bonds is 4. The molecule has 0 aliphatic rings. The number of amides is 1. The van der Waals surface area contributed by atoms with Gasteiger partial charge in [-0.15, -0.1) is 0 Å². The van der Waals surface area contributed by atoms with Crippen molar-refractivity contribution in [2.24, 2.45) is 0 Å². The molecule has 0 unspecified atom stereocenters. The maximum atomic E-state index is 13.0. The smallest absolute Gasteiger partial charge is 0.280 e. The minimum Gasteiger partial charge on any atom is -0.374 e. The zero-order valence-electron chi connectivity index (χ0n) is 14.3. The van der Waals surface area contributed by atoms with Gasteiger partial charge in [-0.25, -0.2) is 9.99 Å². The summed E-state index contributed by atoms with van der Waals surface area (Å²) >= 11 is 0. The quantitative estimate of drug-likeness (QED) is 0.734. The van der Waals surface area contributed by atoms with E-state index in [0.29, 0.717) is 22.3 Å². The number of hydrogen-bond donors (Lipinski definition) is 0. The Hall–Kier alpha value is -2.99. The van der Waals surface area contributed by atoms with E-state index < -0.39 is 6.10 Å². The van der Waals surface area contributed by atoms with Gasteiger partial charge in [0.25, 0.3) is 11.5 Å². The Kier molecular flexibility index (Phi) is 4.63. The number of para-hydroxylation sites is 1. The Morgan fingerprint density at radius 1 is 1.12 bits per heavy atom. The Bertz CT molecular complexity index is 967. The van der Waals surface area contributed by atoms with Crippen LogP contribution >= 0.6 is 0 Å². The summed E-state index contributed by atoms with van der Waals surface area (Å²) in [7, 11) is 3.09. The van der Waals surface area contributed by atoms with Gasteiger partial charge in [-0.1, -0.05) is 30.3 Å². The maximum Gasteiger partial charge on any atom is 0.280 e. The van der Waals surface area contributed by atoms with E-state index in [0.717, 1.165) is 0 Å². The molecule has 0 aliphatic carbocycles. The van der Waals surface area contributed by atoms with Gasteiger partial charge in [0.1, 0.15) is 6.10 Å². The van der Waals surface area contributed by atoms with Gasteiger partial charge in [-0.2, -0.15) is 4.68 Å². The molecule has 0 saturated carbocycles. The molecule has 0 spiro atoms. The average molecular weight is 337 g/mol. The van der Waals surface area contributed by atoms with Crippen molar-refractivity contribution in [1.82, 2.24) is 9.66 Å². The van der Waals surface area contributed by atoms with Crippen LogP contribution in [0.5, 0.6) is 0 Å². The highest BCUT2D eigenvalue weighted by Crippen LogP contribution is 2.17. The van der Waals surface area contributed by atoms with Crippen LogP contribution in [0.2, 0.25) is 0 Å². The molecule has 128 valence electrons. The fourth-order valence-corrected chi connectivity index (χ4v) is 2.66. The van der Waals surface area contributed by atoms with Crippen LogP contribution in [0, 0.1) is 0 Å². The van der Waals surface area contributed by atoms with Crippen molar-refractivity contribution < 1.29 is 9.53 Å². The lowest BCUT2D eigenvalue weighted by Crippen LogP contribution is -2.46. The molecule has 3 aromatic rings. The van der Waals surface area contributed by atoms with Crippen LogP contribution in [0.25, 0.3) is 10.9 Å².